The van der Waals surface area contributed by atoms with Crippen molar-refractivity contribution in [2.45, 2.75) is 26.0 Å². The molecule has 1 aliphatic heterocycles. The number of carbonyl (C=O) groups is 1. The van der Waals surface area contributed by atoms with E-state index in [0.29, 0.717) is 6.54 Å². The van der Waals surface area contributed by atoms with Gasteiger partial charge < -0.3 is 9.64 Å². The quantitative estimate of drug-likeness (QED) is 0.868. The lowest BCUT2D eigenvalue weighted by atomic mass is 10.1. The van der Waals surface area contributed by atoms with Crippen LogP contribution in [0.25, 0.3) is 0 Å². The lowest BCUT2D eigenvalue weighted by Crippen LogP contribution is -2.42. The summed E-state index contributed by atoms with van der Waals surface area (Å²) in [6.45, 7) is 3.31. The number of amides is 1. The molecule has 20 heavy (non-hydrogen) atoms. The van der Waals surface area contributed by atoms with E-state index in [1.165, 1.54) is 10.4 Å². The summed E-state index contributed by atoms with van der Waals surface area (Å²) in [5.41, 5.74) is 1.28. The smallest absolute Gasteiger partial charge is 0.263 e. The zero-order chi connectivity index (χ0) is 13.9. The molecule has 104 valence electrons. The molecule has 0 bridgehead atoms. The molecule has 0 spiro atoms. The highest BCUT2D eigenvalue weighted by molar-refractivity contribution is 7.10. The normalized spacial score (nSPS) is 15.6. The molecule has 1 unspecified atom stereocenters. The first-order valence-corrected chi connectivity index (χ1v) is 7.68. The van der Waals surface area contributed by atoms with E-state index in [9.17, 15) is 4.79 Å². The number of ether oxygens (including phenoxy) is 1. The molecule has 1 aromatic heterocycles. The van der Waals surface area contributed by atoms with Gasteiger partial charge in [-0.25, -0.2) is 0 Å². The van der Waals surface area contributed by atoms with E-state index in [0.717, 1.165) is 18.7 Å². The minimum Gasteiger partial charge on any atom is -0.481 e. The van der Waals surface area contributed by atoms with Crippen molar-refractivity contribution < 1.29 is 9.53 Å². The van der Waals surface area contributed by atoms with Crippen molar-refractivity contribution in [3.63, 3.8) is 0 Å². The van der Waals surface area contributed by atoms with Crippen molar-refractivity contribution in [1.82, 2.24) is 4.90 Å². The number of nitrogens with zero attached hydrogens (tertiary/aromatic N) is 1. The van der Waals surface area contributed by atoms with Crippen molar-refractivity contribution in [3.8, 4) is 5.75 Å². The second-order valence-corrected chi connectivity index (χ2v) is 5.95. The van der Waals surface area contributed by atoms with Crippen molar-refractivity contribution in [1.29, 1.82) is 0 Å². The van der Waals surface area contributed by atoms with Crippen molar-refractivity contribution in [2.24, 2.45) is 0 Å². The summed E-state index contributed by atoms with van der Waals surface area (Å²) in [7, 11) is 0. The topological polar surface area (TPSA) is 29.5 Å². The van der Waals surface area contributed by atoms with Gasteiger partial charge in [0.15, 0.2) is 6.10 Å². The molecule has 2 aromatic rings. The van der Waals surface area contributed by atoms with Crippen LogP contribution in [0, 0.1) is 0 Å². The number of hydrogen-bond donors (Lipinski definition) is 0. The van der Waals surface area contributed by atoms with Gasteiger partial charge in [-0.05, 0) is 42.5 Å². The van der Waals surface area contributed by atoms with Gasteiger partial charge in [0.05, 0.1) is 0 Å². The van der Waals surface area contributed by atoms with Gasteiger partial charge in [-0.15, -0.1) is 11.3 Å². The fourth-order valence-electron chi connectivity index (χ4n) is 2.45. The average molecular weight is 287 g/mol. The van der Waals surface area contributed by atoms with Crippen molar-refractivity contribution in [2.75, 3.05) is 6.54 Å². The third-order valence-electron chi connectivity index (χ3n) is 3.52. The number of hydrogen-bond acceptors (Lipinski definition) is 3. The van der Waals surface area contributed by atoms with E-state index >= 15 is 0 Å². The van der Waals surface area contributed by atoms with Gasteiger partial charge >= 0.3 is 0 Å². The highest BCUT2D eigenvalue weighted by Crippen LogP contribution is 2.24. The molecule has 0 radical (unpaired) electrons. The molecule has 1 aromatic carbocycles. The van der Waals surface area contributed by atoms with E-state index in [4.69, 9.17) is 4.74 Å². The van der Waals surface area contributed by atoms with E-state index in [-0.39, 0.29) is 5.91 Å². The van der Waals surface area contributed by atoms with Gasteiger partial charge in [-0.2, -0.15) is 0 Å². The van der Waals surface area contributed by atoms with Crippen LogP contribution in [-0.2, 0) is 17.8 Å². The van der Waals surface area contributed by atoms with Crippen LogP contribution < -0.4 is 4.74 Å². The lowest BCUT2D eigenvalue weighted by molar-refractivity contribution is -0.138. The number of thiophene rings is 1. The third-order valence-corrected chi connectivity index (χ3v) is 4.55. The van der Waals surface area contributed by atoms with Gasteiger partial charge in [0.25, 0.3) is 5.91 Å². The Hall–Kier alpha value is -1.81. The largest absolute Gasteiger partial charge is 0.481 e. The predicted molar refractivity (Wildman–Crippen MR) is 80.0 cm³/mol. The summed E-state index contributed by atoms with van der Waals surface area (Å²) in [6.07, 6.45) is 0.508. The Labute approximate surface area is 122 Å². The van der Waals surface area contributed by atoms with Crippen molar-refractivity contribution >= 4 is 17.2 Å². The highest BCUT2D eigenvalue weighted by atomic mass is 32.1. The van der Waals surface area contributed by atoms with Crippen LogP contribution in [-0.4, -0.2) is 23.5 Å². The zero-order valence-corrected chi connectivity index (χ0v) is 12.2. The second-order valence-electron chi connectivity index (χ2n) is 4.95. The number of fused-ring (bicyclic) bond motifs is 1. The van der Waals surface area contributed by atoms with E-state index in [1.54, 1.807) is 11.3 Å². The van der Waals surface area contributed by atoms with Gasteiger partial charge in [0, 0.05) is 18.0 Å². The number of para-hydroxylation sites is 1. The van der Waals surface area contributed by atoms with E-state index in [1.807, 2.05) is 42.2 Å². The fourth-order valence-corrected chi connectivity index (χ4v) is 3.34. The summed E-state index contributed by atoms with van der Waals surface area (Å²) >= 11 is 1.78. The monoisotopic (exact) mass is 287 g/mol. The molecule has 1 amide bonds. The van der Waals surface area contributed by atoms with Crippen molar-refractivity contribution in [3.05, 3.63) is 52.2 Å². The maximum atomic E-state index is 12.4. The molecule has 4 heteroatoms. The van der Waals surface area contributed by atoms with Crippen LogP contribution in [0.3, 0.4) is 0 Å². The Morgan fingerprint density at radius 2 is 2.10 bits per heavy atom. The minimum atomic E-state index is -0.447. The van der Waals surface area contributed by atoms with Crippen LogP contribution in [0.5, 0.6) is 5.75 Å². The average Bonchev–Trinajstić information content (AvgIpc) is 2.94. The van der Waals surface area contributed by atoms with Crippen LogP contribution in [0.15, 0.2) is 41.8 Å². The summed E-state index contributed by atoms with van der Waals surface area (Å²) in [5, 5.41) is 2.10. The molecule has 0 N–H and O–H groups in total. The molecule has 2 heterocycles. The summed E-state index contributed by atoms with van der Waals surface area (Å²) in [4.78, 5) is 15.7. The minimum absolute atomic E-state index is 0.0608. The molecule has 3 nitrogen and oxygen atoms in total. The van der Waals surface area contributed by atoms with Gasteiger partial charge in [0.2, 0.25) is 0 Å². The molecule has 0 aliphatic carbocycles. The van der Waals surface area contributed by atoms with E-state index < -0.39 is 6.10 Å². The Morgan fingerprint density at radius 3 is 2.90 bits per heavy atom. The molecular weight excluding hydrogens is 270 g/mol. The molecule has 0 saturated carbocycles. The number of carbonyl (C=O) groups excluding carboxylic acids is 1. The Bertz CT molecular complexity index is 594. The maximum Gasteiger partial charge on any atom is 0.263 e. The first-order valence-electron chi connectivity index (χ1n) is 6.80. The highest BCUT2D eigenvalue weighted by Gasteiger charge is 2.26. The van der Waals surface area contributed by atoms with Crippen LogP contribution in [0.1, 0.15) is 17.4 Å². The van der Waals surface area contributed by atoms with Gasteiger partial charge in [-0.3, -0.25) is 4.79 Å². The standard InChI is InChI=1S/C16H17NO2S/c1-12(19-14-5-3-2-4-6-14)16(18)17-9-7-15-13(11-17)8-10-20-15/h2-6,8,10,12H,7,9,11H2,1H3. The Balaban J connectivity index is 1.64. The predicted octanol–water partition coefficient (Wildman–Crippen LogP) is 3.10. The first kappa shape index (κ1) is 13.2. The van der Waals surface area contributed by atoms with Crippen LogP contribution in [0.2, 0.25) is 0 Å². The number of rotatable bonds is 3. The van der Waals surface area contributed by atoms with Crippen LogP contribution >= 0.6 is 11.3 Å². The summed E-state index contributed by atoms with van der Waals surface area (Å²) < 4.78 is 5.71. The Kier molecular flexibility index (Phi) is 3.74. The lowest BCUT2D eigenvalue weighted by Gasteiger charge is -2.29. The Morgan fingerprint density at radius 1 is 1.30 bits per heavy atom. The second kappa shape index (κ2) is 5.67. The third kappa shape index (κ3) is 2.70. The fraction of sp³-hybridized carbons (Fsp3) is 0.312. The molecule has 0 saturated heterocycles. The first-order chi connectivity index (χ1) is 9.74. The number of benzene rings is 1. The molecular formula is C16H17NO2S. The van der Waals surface area contributed by atoms with Gasteiger partial charge in [-0.1, -0.05) is 18.2 Å². The SMILES string of the molecule is CC(Oc1ccccc1)C(=O)N1CCc2sccc2C1. The van der Waals surface area contributed by atoms with E-state index in [2.05, 4.69) is 11.4 Å². The maximum absolute atomic E-state index is 12.4. The molecule has 1 atom stereocenters. The van der Waals surface area contributed by atoms with Gasteiger partial charge in [0.1, 0.15) is 5.75 Å². The summed E-state index contributed by atoms with van der Waals surface area (Å²) in [6, 6.07) is 11.6. The molecule has 3 rings (SSSR count). The molecule has 0 fully saturated rings. The molecule has 1 aliphatic rings. The van der Waals surface area contributed by atoms with Crippen LogP contribution in [0.4, 0.5) is 0 Å². The zero-order valence-electron chi connectivity index (χ0n) is 11.4. The summed E-state index contributed by atoms with van der Waals surface area (Å²) in [5.74, 6) is 0.798.